The van der Waals surface area contributed by atoms with E-state index in [1.54, 1.807) is 0 Å². The van der Waals surface area contributed by atoms with Gasteiger partial charge in [0.2, 0.25) is 0 Å². The summed E-state index contributed by atoms with van der Waals surface area (Å²) < 4.78 is 0. The number of nitrogens with zero attached hydrogens (tertiary/aromatic N) is 1. The van der Waals surface area contributed by atoms with Gasteiger partial charge < -0.3 is 0 Å². The number of likely N-dealkylation sites (N-methyl/N-ethyl adjacent to an activating group) is 1. The molecule has 1 rings (SSSR count). The van der Waals surface area contributed by atoms with Gasteiger partial charge in [0.1, 0.15) is 6.04 Å². The van der Waals surface area contributed by atoms with Crippen molar-refractivity contribution in [1.29, 1.82) is 0 Å². The Morgan fingerprint density at radius 3 is 2.53 bits per heavy atom. The van der Waals surface area contributed by atoms with E-state index >= 15 is 0 Å². The van der Waals surface area contributed by atoms with Crippen molar-refractivity contribution in [3.8, 4) is 0 Å². The van der Waals surface area contributed by atoms with Gasteiger partial charge in [0.25, 0.3) is 5.91 Å². The Bertz CT molecular complexity index is 341. The van der Waals surface area contributed by atoms with E-state index in [9.17, 15) is 4.79 Å². The number of nitrogens with one attached hydrogen (secondary N) is 1. The molecule has 4 nitrogen and oxygen atoms in total. The smallest absolute Gasteiger partial charge is 0.265 e. The summed E-state index contributed by atoms with van der Waals surface area (Å²) in [6, 6.07) is 9.38. The van der Waals surface area contributed by atoms with Crippen molar-refractivity contribution in [2.75, 3.05) is 20.2 Å². The minimum atomic E-state index is -0.312. The maximum atomic E-state index is 12.0. The fraction of sp³-hybridized carbons (Fsp3) is 0.462. The Morgan fingerprint density at radius 2 is 2.00 bits per heavy atom. The van der Waals surface area contributed by atoms with Crippen LogP contribution in [-0.2, 0) is 9.63 Å². The van der Waals surface area contributed by atoms with Crippen molar-refractivity contribution >= 4 is 5.91 Å². The molecule has 17 heavy (non-hydrogen) atoms. The number of hydrogen-bond acceptors (Lipinski definition) is 3. The van der Waals surface area contributed by atoms with E-state index in [1.807, 2.05) is 56.1 Å². The van der Waals surface area contributed by atoms with Gasteiger partial charge in [0.05, 0.1) is 6.61 Å². The van der Waals surface area contributed by atoms with Crippen LogP contribution in [0.3, 0.4) is 0 Å². The average Bonchev–Trinajstić information content (AvgIpc) is 2.37. The van der Waals surface area contributed by atoms with E-state index in [1.165, 1.54) is 0 Å². The van der Waals surface area contributed by atoms with Gasteiger partial charge >= 0.3 is 0 Å². The second-order valence-corrected chi connectivity index (χ2v) is 3.79. The zero-order chi connectivity index (χ0) is 12.7. The van der Waals surface area contributed by atoms with Crippen molar-refractivity contribution in [2.24, 2.45) is 0 Å². The SMILES string of the molecule is CCONC(=O)C(c1ccccc1)N(C)CC. The van der Waals surface area contributed by atoms with Crippen LogP contribution in [0.5, 0.6) is 0 Å². The number of carbonyl (C=O) groups is 1. The van der Waals surface area contributed by atoms with Crippen LogP contribution < -0.4 is 5.48 Å². The Hall–Kier alpha value is -1.39. The molecule has 94 valence electrons. The maximum Gasteiger partial charge on any atom is 0.265 e. The first-order valence-electron chi connectivity index (χ1n) is 5.87. The first-order valence-corrected chi connectivity index (χ1v) is 5.87. The Labute approximate surface area is 103 Å². The summed E-state index contributed by atoms with van der Waals surface area (Å²) in [7, 11) is 1.92. The predicted octanol–water partition coefficient (Wildman–Crippen LogP) is 1.75. The second kappa shape index (κ2) is 7.04. The summed E-state index contributed by atoms with van der Waals surface area (Å²) in [6.07, 6.45) is 0. The van der Waals surface area contributed by atoms with Crippen molar-refractivity contribution < 1.29 is 9.63 Å². The van der Waals surface area contributed by atoms with Crippen molar-refractivity contribution in [3.05, 3.63) is 35.9 Å². The quantitative estimate of drug-likeness (QED) is 0.765. The molecule has 4 heteroatoms. The lowest BCUT2D eigenvalue weighted by atomic mass is 10.1. The second-order valence-electron chi connectivity index (χ2n) is 3.79. The third-order valence-corrected chi connectivity index (χ3v) is 2.62. The summed E-state index contributed by atoms with van der Waals surface area (Å²) in [5, 5.41) is 0. The predicted molar refractivity (Wildman–Crippen MR) is 67.3 cm³/mol. The molecule has 1 atom stereocenters. The number of benzene rings is 1. The van der Waals surface area contributed by atoms with E-state index in [4.69, 9.17) is 4.84 Å². The molecule has 0 aliphatic rings. The van der Waals surface area contributed by atoms with E-state index in [0.29, 0.717) is 6.61 Å². The monoisotopic (exact) mass is 236 g/mol. The van der Waals surface area contributed by atoms with E-state index in [-0.39, 0.29) is 11.9 Å². The maximum absolute atomic E-state index is 12.0. The fourth-order valence-corrected chi connectivity index (χ4v) is 1.62. The van der Waals surface area contributed by atoms with Gasteiger partial charge in [-0.25, -0.2) is 5.48 Å². The van der Waals surface area contributed by atoms with Gasteiger partial charge in [0, 0.05) is 0 Å². The highest BCUT2D eigenvalue weighted by atomic mass is 16.6. The largest absolute Gasteiger partial charge is 0.292 e. The van der Waals surface area contributed by atoms with Gasteiger partial charge in [0.15, 0.2) is 0 Å². The van der Waals surface area contributed by atoms with Crippen molar-refractivity contribution in [2.45, 2.75) is 19.9 Å². The Kier molecular flexibility index (Phi) is 5.66. The summed E-state index contributed by atoms with van der Waals surface area (Å²) in [5.41, 5.74) is 3.43. The molecule has 0 saturated carbocycles. The van der Waals surface area contributed by atoms with Gasteiger partial charge in [-0.15, -0.1) is 0 Å². The van der Waals surface area contributed by atoms with Crippen molar-refractivity contribution in [3.63, 3.8) is 0 Å². The first-order chi connectivity index (χ1) is 8.20. The fourth-order valence-electron chi connectivity index (χ4n) is 1.62. The van der Waals surface area contributed by atoms with Crippen molar-refractivity contribution in [1.82, 2.24) is 10.4 Å². The third kappa shape index (κ3) is 3.84. The Balaban J connectivity index is 2.85. The first kappa shape index (κ1) is 13.7. The van der Waals surface area contributed by atoms with Gasteiger partial charge in [-0.3, -0.25) is 14.5 Å². The molecule has 1 N–H and O–H groups in total. The van der Waals surface area contributed by atoms with E-state index < -0.39 is 0 Å². The summed E-state index contributed by atoms with van der Waals surface area (Å²) in [4.78, 5) is 19.0. The molecule has 0 aromatic heterocycles. The molecule has 1 unspecified atom stereocenters. The zero-order valence-corrected chi connectivity index (χ0v) is 10.6. The highest BCUT2D eigenvalue weighted by Crippen LogP contribution is 2.18. The summed E-state index contributed by atoms with van der Waals surface area (Å²) >= 11 is 0. The van der Waals surface area contributed by atoms with Gasteiger partial charge in [-0.1, -0.05) is 37.3 Å². The molecule has 0 aliphatic heterocycles. The number of hydroxylamine groups is 1. The number of amides is 1. The molecular weight excluding hydrogens is 216 g/mol. The number of hydrogen-bond donors (Lipinski definition) is 1. The number of carbonyl (C=O) groups excluding carboxylic acids is 1. The molecule has 1 amide bonds. The minimum absolute atomic E-state index is 0.137. The van der Waals surface area contributed by atoms with Crippen LogP contribution in [-0.4, -0.2) is 31.0 Å². The number of rotatable bonds is 6. The molecule has 0 aliphatic carbocycles. The molecule has 0 heterocycles. The molecule has 1 aromatic carbocycles. The highest BCUT2D eigenvalue weighted by molar-refractivity contribution is 5.82. The lowest BCUT2D eigenvalue weighted by molar-refractivity contribution is -0.138. The van der Waals surface area contributed by atoms with E-state index in [2.05, 4.69) is 5.48 Å². The van der Waals surface area contributed by atoms with Crippen LogP contribution in [0.15, 0.2) is 30.3 Å². The van der Waals surface area contributed by atoms with E-state index in [0.717, 1.165) is 12.1 Å². The third-order valence-electron chi connectivity index (χ3n) is 2.62. The standard InChI is InChI=1S/C13H20N2O2/c1-4-15(3)12(13(16)14-17-5-2)11-9-7-6-8-10-11/h6-10,12H,4-5H2,1-3H3,(H,14,16). The Morgan fingerprint density at radius 1 is 1.35 bits per heavy atom. The van der Waals surface area contributed by atoms with Gasteiger partial charge in [-0.2, -0.15) is 0 Å². The van der Waals surface area contributed by atoms with Crippen LogP contribution >= 0.6 is 0 Å². The topological polar surface area (TPSA) is 41.6 Å². The molecule has 0 saturated heterocycles. The molecule has 0 bridgehead atoms. The molecular formula is C13H20N2O2. The lowest BCUT2D eigenvalue weighted by Crippen LogP contribution is -2.38. The molecule has 0 radical (unpaired) electrons. The minimum Gasteiger partial charge on any atom is -0.292 e. The van der Waals surface area contributed by atoms with Crippen LogP contribution in [0.4, 0.5) is 0 Å². The normalized spacial score (nSPS) is 12.5. The molecule has 0 spiro atoms. The van der Waals surface area contributed by atoms with Crippen LogP contribution in [0.2, 0.25) is 0 Å². The van der Waals surface area contributed by atoms with Crippen LogP contribution in [0.1, 0.15) is 25.5 Å². The van der Waals surface area contributed by atoms with Gasteiger partial charge in [-0.05, 0) is 26.1 Å². The van der Waals surface area contributed by atoms with Crippen LogP contribution in [0, 0.1) is 0 Å². The average molecular weight is 236 g/mol. The lowest BCUT2D eigenvalue weighted by Gasteiger charge is -2.25. The highest BCUT2D eigenvalue weighted by Gasteiger charge is 2.23. The summed E-state index contributed by atoms with van der Waals surface area (Å²) in [6.45, 7) is 5.10. The molecule has 1 aromatic rings. The van der Waals surface area contributed by atoms with Crippen LogP contribution in [0.25, 0.3) is 0 Å². The zero-order valence-electron chi connectivity index (χ0n) is 10.6. The summed E-state index contributed by atoms with van der Waals surface area (Å²) in [5.74, 6) is -0.137. The molecule has 0 fully saturated rings.